The number of likely N-dealkylation sites (tertiary alicyclic amines) is 1. The van der Waals surface area contributed by atoms with Crippen molar-refractivity contribution in [3.63, 3.8) is 0 Å². The van der Waals surface area contributed by atoms with Gasteiger partial charge in [0.25, 0.3) is 0 Å². The fraction of sp³-hybridized carbons (Fsp3) is 0.800. The molecule has 1 aliphatic heterocycles. The minimum absolute atomic E-state index is 0.0120. The molecule has 0 aromatic rings. The number of carbonyl (C=O) groups excluding carboxylic acids is 2. The first-order valence-electron chi connectivity index (χ1n) is 5.05. The summed E-state index contributed by atoms with van der Waals surface area (Å²) in [6, 6.07) is 0.132. The van der Waals surface area contributed by atoms with E-state index in [1.807, 2.05) is 13.8 Å². The van der Waals surface area contributed by atoms with Crippen molar-refractivity contribution in [3.05, 3.63) is 0 Å². The van der Waals surface area contributed by atoms with Crippen LogP contribution in [0, 0.1) is 5.92 Å². The van der Waals surface area contributed by atoms with Gasteiger partial charge in [0.2, 0.25) is 11.8 Å². The molecule has 1 unspecified atom stereocenters. The predicted molar refractivity (Wildman–Crippen MR) is 53.6 cm³/mol. The number of likely N-dealkylation sites (N-methyl/N-ethyl adjacent to an activating group) is 1. The van der Waals surface area contributed by atoms with Crippen molar-refractivity contribution in [1.29, 1.82) is 0 Å². The third kappa shape index (κ3) is 2.72. The van der Waals surface area contributed by atoms with Crippen LogP contribution >= 0.6 is 0 Å². The number of hydrogen-bond acceptors (Lipinski definition) is 2. The molecule has 0 saturated carbocycles. The number of amides is 2. The molecular weight excluding hydrogens is 180 g/mol. The van der Waals surface area contributed by atoms with Gasteiger partial charge in [-0.3, -0.25) is 9.59 Å². The second-order valence-corrected chi connectivity index (χ2v) is 4.17. The monoisotopic (exact) mass is 198 g/mol. The predicted octanol–water partition coefficient (Wildman–Crippen LogP) is 0.379. The van der Waals surface area contributed by atoms with Crippen molar-refractivity contribution < 1.29 is 9.59 Å². The van der Waals surface area contributed by atoms with E-state index in [9.17, 15) is 9.59 Å². The molecule has 1 rings (SSSR count). The maximum Gasteiger partial charge on any atom is 0.222 e. The Bertz CT molecular complexity index is 238. The van der Waals surface area contributed by atoms with Crippen molar-refractivity contribution in [3.8, 4) is 0 Å². The minimum atomic E-state index is 0.0120. The third-order valence-electron chi connectivity index (χ3n) is 2.50. The standard InChI is InChI=1S/C10H18N2O2/c1-7(2)10(14)11-8-4-5-9(13)12(3)6-8/h7-8H,4-6H2,1-3H3,(H,11,14). The molecule has 0 spiro atoms. The van der Waals surface area contributed by atoms with Crippen LogP contribution in [0.1, 0.15) is 26.7 Å². The van der Waals surface area contributed by atoms with Crippen molar-refractivity contribution >= 4 is 11.8 Å². The van der Waals surface area contributed by atoms with Crippen molar-refractivity contribution in [2.75, 3.05) is 13.6 Å². The van der Waals surface area contributed by atoms with Crippen LogP contribution in [-0.2, 0) is 9.59 Å². The summed E-state index contributed by atoms with van der Waals surface area (Å²) < 4.78 is 0. The molecule has 1 atom stereocenters. The van der Waals surface area contributed by atoms with E-state index in [-0.39, 0.29) is 23.8 Å². The van der Waals surface area contributed by atoms with E-state index in [0.29, 0.717) is 13.0 Å². The Morgan fingerprint density at radius 1 is 1.57 bits per heavy atom. The summed E-state index contributed by atoms with van der Waals surface area (Å²) in [5.41, 5.74) is 0. The van der Waals surface area contributed by atoms with Gasteiger partial charge in [-0.2, -0.15) is 0 Å². The third-order valence-corrected chi connectivity index (χ3v) is 2.50. The largest absolute Gasteiger partial charge is 0.351 e. The van der Waals surface area contributed by atoms with Gasteiger partial charge >= 0.3 is 0 Å². The summed E-state index contributed by atoms with van der Waals surface area (Å²) in [6.07, 6.45) is 1.31. The zero-order valence-corrected chi connectivity index (χ0v) is 9.04. The molecule has 0 aliphatic carbocycles. The molecule has 1 saturated heterocycles. The Labute approximate surface area is 84.7 Å². The Hall–Kier alpha value is -1.06. The molecule has 0 bridgehead atoms. The van der Waals surface area contributed by atoms with Gasteiger partial charge in [-0.15, -0.1) is 0 Å². The number of rotatable bonds is 2. The highest BCUT2D eigenvalue weighted by Crippen LogP contribution is 2.10. The topological polar surface area (TPSA) is 49.4 Å². The van der Waals surface area contributed by atoms with Gasteiger partial charge in [-0.1, -0.05) is 13.8 Å². The highest BCUT2D eigenvalue weighted by Gasteiger charge is 2.24. The van der Waals surface area contributed by atoms with E-state index in [1.54, 1.807) is 11.9 Å². The lowest BCUT2D eigenvalue weighted by molar-refractivity contribution is -0.134. The molecule has 2 amide bonds. The van der Waals surface area contributed by atoms with Crippen LogP contribution < -0.4 is 5.32 Å². The Morgan fingerprint density at radius 2 is 2.21 bits per heavy atom. The molecule has 1 aliphatic rings. The fourth-order valence-corrected chi connectivity index (χ4v) is 1.50. The zero-order valence-electron chi connectivity index (χ0n) is 9.04. The lowest BCUT2D eigenvalue weighted by Crippen LogP contribution is -2.49. The van der Waals surface area contributed by atoms with E-state index in [1.165, 1.54) is 0 Å². The number of nitrogens with one attached hydrogen (secondary N) is 1. The summed E-state index contributed by atoms with van der Waals surface area (Å²) in [5.74, 6) is 0.246. The average Bonchev–Trinajstić information content (AvgIpc) is 2.11. The second kappa shape index (κ2) is 4.44. The van der Waals surface area contributed by atoms with Gasteiger partial charge < -0.3 is 10.2 Å². The number of hydrogen-bond donors (Lipinski definition) is 1. The maximum atomic E-state index is 11.4. The molecule has 0 radical (unpaired) electrons. The lowest BCUT2D eigenvalue weighted by atomic mass is 10.0. The van der Waals surface area contributed by atoms with Gasteiger partial charge in [-0.25, -0.2) is 0 Å². The van der Waals surface area contributed by atoms with Crippen LogP contribution in [-0.4, -0.2) is 36.3 Å². The van der Waals surface area contributed by atoms with Gasteiger partial charge in [-0.05, 0) is 6.42 Å². The molecule has 4 nitrogen and oxygen atoms in total. The number of carbonyl (C=O) groups is 2. The van der Waals surface area contributed by atoms with Gasteiger partial charge in [0.05, 0.1) is 0 Å². The summed E-state index contributed by atoms with van der Waals surface area (Å²) in [5, 5.41) is 2.94. The van der Waals surface area contributed by atoms with Crippen molar-refractivity contribution in [1.82, 2.24) is 10.2 Å². The second-order valence-electron chi connectivity index (χ2n) is 4.17. The molecule has 1 heterocycles. The molecule has 14 heavy (non-hydrogen) atoms. The lowest BCUT2D eigenvalue weighted by Gasteiger charge is -2.30. The van der Waals surface area contributed by atoms with Gasteiger partial charge in [0, 0.05) is 32.0 Å². The summed E-state index contributed by atoms with van der Waals surface area (Å²) in [4.78, 5) is 24.2. The maximum absolute atomic E-state index is 11.4. The minimum Gasteiger partial charge on any atom is -0.351 e. The van der Waals surface area contributed by atoms with E-state index < -0.39 is 0 Å². The van der Waals surface area contributed by atoms with Crippen LogP contribution in [0.2, 0.25) is 0 Å². The normalized spacial score (nSPS) is 22.7. The fourth-order valence-electron chi connectivity index (χ4n) is 1.50. The molecule has 4 heteroatoms. The Balaban J connectivity index is 2.40. The highest BCUT2D eigenvalue weighted by molar-refractivity contribution is 5.79. The molecule has 80 valence electrons. The summed E-state index contributed by atoms with van der Waals surface area (Å²) in [7, 11) is 1.77. The average molecular weight is 198 g/mol. The Kier molecular flexibility index (Phi) is 3.49. The van der Waals surface area contributed by atoms with Crippen LogP contribution in [0.5, 0.6) is 0 Å². The quantitative estimate of drug-likeness (QED) is 0.697. The van der Waals surface area contributed by atoms with Crippen molar-refractivity contribution in [2.24, 2.45) is 5.92 Å². The molecular formula is C10H18N2O2. The van der Waals surface area contributed by atoms with Crippen molar-refractivity contribution in [2.45, 2.75) is 32.7 Å². The highest BCUT2D eigenvalue weighted by atomic mass is 16.2. The van der Waals surface area contributed by atoms with E-state index in [2.05, 4.69) is 5.32 Å². The van der Waals surface area contributed by atoms with Crippen LogP contribution in [0.25, 0.3) is 0 Å². The van der Waals surface area contributed by atoms with Crippen LogP contribution in [0.15, 0.2) is 0 Å². The van der Waals surface area contributed by atoms with Crippen LogP contribution in [0.4, 0.5) is 0 Å². The smallest absolute Gasteiger partial charge is 0.222 e. The van der Waals surface area contributed by atoms with Gasteiger partial charge in [0.15, 0.2) is 0 Å². The molecule has 0 aromatic carbocycles. The van der Waals surface area contributed by atoms with Gasteiger partial charge in [0.1, 0.15) is 0 Å². The van der Waals surface area contributed by atoms with Crippen LogP contribution in [0.3, 0.4) is 0 Å². The first-order chi connectivity index (χ1) is 6.50. The van der Waals surface area contributed by atoms with E-state index in [0.717, 1.165) is 6.42 Å². The first kappa shape index (κ1) is 11.0. The Morgan fingerprint density at radius 3 is 2.71 bits per heavy atom. The molecule has 0 aromatic heterocycles. The summed E-state index contributed by atoms with van der Waals surface area (Å²) in [6.45, 7) is 4.37. The molecule has 1 N–H and O–H groups in total. The SMILES string of the molecule is CC(C)C(=O)NC1CCC(=O)N(C)C1. The van der Waals surface area contributed by atoms with E-state index in [4.69, 9.17) is 0 Å². The zero-order chi connectivity index (χ0) is 10.7. The number of nitrogens with zero attached hydrogens (tertiary/aromatic N) is 1. The molecule has 1 fully saturated rings. The van der Waals surface area contributed by atoms with E-state index >= 15 is 0 Å². The summed E-state index contributed by atoms with van der Waals surface area (Å²) >= 11 is 0. The number of piperidine rings is 1. The first-order valence-corrected chi connectivity index (χ1v) is 5.05.